The Morgan fingerprint density at radius 2 is 2.60 bits per heavy atom. The van der Waals surface area contributed by atoms with Gasteiger partial charge in [-0.05, 0) is 6.07 Å². The van der Waals surface area contributed by atoms with Crippen LogP contribution in [0.5, 0.6) is 0 Å². The largest absolute Gasteiger partial charge is 0.311 e. The van der Waals surface area contributed by atoms with Crippen LogP contribution in [0.15, 0.2) is 17.4 Å². The van der Waals surface area contributed by atoms with E-state index in [-0.39, 0.29) is 0 Å². The first-order valence-corrected chi connectivity index (χ1v) is 4.46. The molecule has 0 saturated heterocycles. The SMILES string of the molecule is S=c1ccnc2n1CCS2. The van der Waals surface area contributed by atoms with Gasteiger partial charge in [0.25, 0.3) is 0 Å². The average Bonchev–Trinajstić information content (AvgIpc) is 2.36. The summed E-state index contributed by atoms with van der Waals surface area (Å²) < 4.78 is 2.97. The van der Waals surface area contributed by atoms with Crippen LogP contribution in [0.25, 0.3) is 0 Å². The third-order valence-corrected chi connectivity index (χ3v) is 2.77. The van der Waals surface area contributed by atoms with Crippen LogP contribution < -0.4 is 0 Å². The van der Waals surface area contributed by atoms with Crippen molar-refractivity contribution in [2.45, 2.75) is 11.7 Å². The summed E-state index contributed by atoms with van der Waals surface area (Å²) in [4.78, 5) is 4.18. The first kappa shape index (κ1) is 6.37. The Balaban J connectivity index is 2.70. The van der Waals surface area contributed by atoms with Gasteiger partial charge in [0, 0.05) is 18.5 Å². The quantitative estimate of drug-likeness (QED) is 0.436. The van der Waals surface area contributed by atoms with Crippen molar-refractivity contribution in [2.75, 3.05) is 5.75 Å². The summed E-state index contributed by atoms with van der Waals surface area (Å²) in [5.74, 6) is 1.11. The highest BCUT2D eigenvalue weighted by Gasteiger charge is 2.09. The summed E-state index contributed by atoms with van der Waals surface area (Å²) in [5.41, 5.74) is 0. The molecule has 0 bridgehead atoms. The van der Waals surface area contributed by atoms with Gasteiger partial charge in [0.15, 0.2) is 5.16 Å². The summed E-state index contributed by atoms with van der Waals surface area (Å²) in [5, 5.41) is 1.06. The van der Waals surface area contributed by atoms with Gasteiger partial charge >= 0.3 is 0 Å². The van der Waals surface area contributed by atoms with E-state index in [0.29, 0.717) is 0 Å². The molecule has 0 aliphatic carbocycles. The molecule has 52 valence electrons. The molecular weight excluding hydrogens is 164 g/mol. The molecule has 2 heterocycles. The fourth-order valence-electron chi connectivity index (χ4n) is 0.968. The molecule has 10 heavy (non-hydrogen) atoms. The molecular formula is C6H6N2S2. The van der Waals surface area contributed by atoms with Crippen LogP contribution in [0.3, 0.4) is 0 Å². The predicted molar refractivity (Wildman–Crippen MR) is 43.8 cm³/mol. The molecule has 0 radical (unpaired) electrons. The number of fused-ring (bicyclic) bond motifs is 1. The van der Waals surface area contributed by atoms with E-state index < -0.39 is 0 Å². The van der Waals surface area contributed by atoms with Crippen molar-refractivity contribution in [3.63, 3.8) is 0 Å². The van der Waals surface area contributed by atoms with Gasteiger partial charge in [0.1, 0.15) is 4.64 Å². The van der Waals surface area contributed by atoms with Gasteiger partial charge in [0.05, 0.1) is 0 Å². The Hall–Kier alpha value is -0.350. The lowest BCUT2D eigenvalue weighted by atomic mass is 10.6. The maximum absolute atomic E-state index is 5.09. The lowest BCUT2D eigenvalue weighted by Gasteiger charge is -1.98. The zero-order chi connectivity index (χ0) is 6.97. The van der Waals surface area contributed by atoms with Gasteiger partial charge in [-0.3, -0.25) is 0 Å². The molecule has 0 N–H and O–H groups in total. The second kappa shape index (κ2) is 2.36. The summed E-state index contributed by atoms with van der Waals surface area (Å²) in [6, 6.07) is 1.87. The first-order chi connectivity index (χ1) is 4.88. The number of nitrogens with zero attached hydrogens (tertiary/aromatic N) is 2. The zero-order valence-corrected chi connectivity index (χ0v) is 6.91. The molecule has 0 spiro atoms. The number of aromatic nitrogens is 2. The molecule has 1 aromatic rings. The third kappa shape index (κ3) is 0.876. The molecule has 0 atom stereocenters. The van der Waals surface area contributed by atoms with Crippen LogP contribution in [0.1, 0.15) is 0 Å². The smallest absolute Gasteiger partial charge is 0.169 e. The molecule has 1 aliphatic heterocycles. The molecule has 0 amide bonds. The van der Waals surface area contributed by atoms with E-state index in [2.05, 4.69) is 9.55 Å². The number of rotatable bonds is 0. The average molecular weight is 170 g/mol. The molecule has 2 nitrogen and oxygen atoms in total. The molecule has 0 saturated carbocycles. The zero-order valence-electron chi connectivity index (χ0n) is 5.28. The summed E-state index contributed by atoms with van der Waals surface area (Å²) >= 11 is 6.86. The van der Waals surface area contributed by atoms with Crippen LogP contribution in [0, 0.1) is 4.64 Å². The van der Waals surface area contributed by atoms with Crippen molar-refractivity contribution >= 4 is 24.0 Å². The minimum Gasteiger partial charge on any atom is -0.311 e. The van der Waals surface area contributed by atoms with Gasteiger partial charge in [-0.15, -0.1) is 0 Å². The Labute approximate surface area is 68.3 Å². The van der Waals surface area contributed by atoms with Crippen LogP contribution in [0.2, 0.25) is 0 Å². The predicted octanol–water partition coefficient (Wildman–Crippen LogP) is 1.72. The summed E-state index contributed by atoms with van der Waals surface area (Å²) in [6.07, 6.45) is 1.77. The fraction of sp³-hybridized carbons (Fsp3) is 0.333. The molecule has 0 unspecified atom stereocenters. The number of thioether (sulfide) groups is 1. The number of hydrogen-bond acceptors (Lipinski definition) is 3. The lowest BCUT2D eigenvalue weighted by molar-refractivity contribution is 0.671. The van der Waals surface area contributed by atoms with Crippen molar-refractivity contribution < 1.29 is 0 Å². The summed E-state index contributed by atoms with van der Waals surface area (Å²) in [7, 11) is 0. The van der Waals surface area contributed by atoms with E-state index in [1.165, 1.54) is 0 Å². The van der Waals surface area contributed by atoms with E-state index in [1.54, 1.807) is 18.0 Å². The van der Waals surface area contributed by atoms with E-state index in [9.17, 15) is 0 Å². The minimum absolute atomic E-state index is 0.898. The highest BCUT2D eigenvalue weighted by molar-refractivity contribution is 7.99. The molecule has 2 rings (SSSR count). The summed E-state index contributed by atoms with van der Waals surface area (Å²) in [6.45, 7) is 1.02. The van der Waals surface area contributed by atoms with Crippen LogP contribution in [-0.4, -0.2) is 15.3 Å². The van der Waals surface area contributed by atoms with Crippen LogP contribution >= 0.6 is 24.0 Å². The number of hydrogen-bond donors (Lipinski definition) is 0. The van der Waals surface area contributed by atoms with Gasteiger partial charge in [-0.2, -0.15) is 0 Å². The fourth-order valence-corrected chi connectivity index (χ4v) is 2.20. The van der Waals surface area contributed by atoms with Gasteiger partial charge in [-0.25, -0.2) is 4.98 Å². The second-order valence-electron chi connectivity index (χ2n) is 2.07. The van der Waals surface area contributed by atoms with Crippen molar-refractivity contribution in [3.8, 4) is 0 Å². The normalized spacial score (nSPS) is 15.2. The maximum atomic E-state index is 5.09. The molecule has 0 fully saturated rings. The monoisotopic (exact) mass is 170 g/mol. The molecule has 1 aliphatic rings. The van der Waals surface area contributed by atoms with Crippen molar-refractivity contribution in [2.24, 2.45) is 0 Å². The Morgan fingerprint density at radius 1 is 1.70 bits per heavy atom. The standard InChI is InChI=1S/C6H6N2S2/c9-5-1-2-7-6-8(5)3-4-10-6/h1-2H,3-4H2. The Morgan fingerprint density at radius 3 is 3.40 bits per heavy atom. The van der Waals surface area contributed by atoms with E-state index >= 15 is 0 Å². The van der Waals surface area contributed by atoms with Gasteiger partial charge < -0.3 is 4.57 Å². The minimum atomic E-state index is 0.898. The topological polar surface area (TPSA) is 17.8 Å². The lowest BCUT2D eigenvalue weighted by Crippen LogP contribution is -1.97. The Kier molecular flexibility index (Phi) is 1.50. The van der Waals surface area contributed by atoms with Crippen molar-refractivity contribution in [1.82, 2.24) is 9.55 Å². The third-order valence-electron chi connectivity index (χ3n) is 1.45. The van der Waals surface area contributed by atoms with Crippen LogP contribution in [0.4, 0.5) is 0 Å². The first-order valence-electron chi connectivity index (χ1n) is 3.06. The van der Waals surface area contributed by atoms with Crippen LogP contribution in [-0.2, 0) is 6.54 Å². The van der Waals surface area contributed by atoms with Gasteiger partial charge in [-0.1, -0.05) is 24.0 Å². The van der Waals surface area contributed by atoms with E-state index in [0.717, 1.165) is 22.1 Å². The highest BCUT2D eigenvalue weighted by Crippen LogP contribution is 2.22. The maximum Gasteiger partial charge on any atom is 0.169 e. The second-order valence-corrected chi connectivity index (χ2v) is 3.55. The molecule has 4 heteroatoms. The highest BCUT2D eigenvalue weighted by atomic mass is 32.2. The van der Waals surface area contributed by atoms with E-state index in [4.69, 9.17) is 12.2 Å². The Bertz CT molecular complexity index is 305. The molecule has 1 aromatic heterocycles. The molecule has 0 aromatic carbocycles. The van der Waals surface area contributed by atoms with Crippen molar-refractivity contribution in [1.29, 1.82) is 0 Å². The van der Waals surface area contributed by atoms with Crippen molar-refractivity contribution in [3.05, 3.63) is 16.9 Å². The van der Waals surface area contributed by atoms with E-state index in [1.807, 2.05) is 6.07 Å². The van der Waals surface area contributed by atoms with Gasteiger partial charge in [0.2, 0.25) is 0 Å².